The first-order chi connectivity index (χ1) is 16.8. The summed E-state index contributed by atoms with van der Waals surface area (Å²) in [6.45, 7) is 4.11. The average molecular weight is 480 g/mol. The van der Waals surface area contributed by atoms with Crippen molar-refractivity contribution < 1.29 is 23.8 Å². The highest BCUT2D eigenvalue weighted by Crippen LogP contribution is 2.29. The average Bonchev–Trinajstić information content (AvgIpc) is 3.69. The SMILES string of the molecule is C[C@@H]1CN([C@@H](C)CO)C(=O)c2cc(C#CC3CC3)cnc2O[C@@H]1CN(C)C(=O)c1ccc(F)cc1. The third-order valence-electron chi connectivity index (χ3n) is 6.41. The minimum atomic E-state index is -0.472. The number of halogens is 1. The number of carbonyl (C=O) groups is 2. The number of hydrogen-bond donors (Lipinski definition) is 1. The zero-order valence-corrected chi connectivity index (χ0v) is 20.2. The number of aliphatic hydroxyl groups excluding tert-OH is 1. The standard InChI is InChI=1S/C27H30FN3O4/c1-17-14-31(18(2)16-32)27(34)23-12-20(7-6-19-4-5-19)13-29-25(23)35-24(17)15-30(3)26(33)21-8-10-22(28)11-9-21/h8-13,17-19,24,32H,4-5,14-16H2,1-3H3/t17-,18+,24-/m1/s1. The number of ether oxygens (including phenoxy) is 1. The molecular formula is C27H30FN3O4. The highest BCUT2D eigenvalue weighted by atomic mass is 19.1. The smallest absolute Gasteiger partial charge is 0.259 e. The van der Waals surface area contributed by atoms with Gasteiger partial charge in [0, 0.05) is 42.8 Å². The van der Waals surface area contributed by atoms with Crippen LogP contribution in [0.4, 0.5) is 4.39 Å². The quantitative estimate of drug-likeness (QED) is 0.667. The first-order valence-electron chi connectivity index (χ1n) is 11.9. The maximum Gasteiger partial charge on any atom is 0.259 e. The zero-order valence-electron chi connectivity index (χ0n) is 20.2. The van der Waals surface area contributed by atoms with Crippen LogP contribution in [-0.2, 0) is 0 Å². The van der Waals surface area contributed by atoms with Crippen LogP contribution in [0.1, 0.15) is 53.0 Å². The van der Waals surface area contributed by atoms with Gasteiger partial charge in [0.15, 0.2) is 0 Å². The van der Waals surface area contributed by atoms with E-state index in [1.165, 1.54) is 29.2 Å². The molecule has 2 heterocycles. The van der Waals surface area contributed by atoms with Crippen LogP contribution >= 0.6 is 0 Å². The predicted octanol–water partition coefficient (Wildman–Crippen LogP) is 2.97. The van der Waals surface area contributed by atoms with Gasteiger partial charge < -0.3 is 19.6 Å². The van der Waals surface area contributed by atoms with Gasteiger partial charge in [-0.1, -0.05) is 18.8 Å². The van der Waals surface area contributed by atoms with E-state index in [1.807, 2.05) is 6.92 Å². The Labute approximate surface area is 204 Å². The Morgan fingerprint density at radius 1 is 1.34 bits per heavy atom. The summed E-state index contributed by atoms with van der Waals surface area (Å²) in [7, 11) is 1.66. The van der Waals surface area contributed by atoms with Crippen LogP contribution in [-0.4, -0.2) is 70.6 Å². The Kier molecular flexibility index (Phi) is 7.37. The minimum Gasteiger partial charge on any atom is -0.472 e. The van der Waals surface area contributed by atoms with E-state index in [0.29, 0.717) is 23.6 Å². The van der Waals surface area contributed by atoms with Gasteiger partial charge >= 0.3 is 0 Å². The second-order valence-electron chi connectivity index (χ2n) is 9.44. The van der Waals surface area contributed by atoms with Crippen molar-refractivity contribution in [1.29, 1.82) is 0 Å². The molecule has 1 aromatic heterocycles. The van der Waals surface area contributed by atoms with E-state index >= 15 is 0 Å². The third-order valence-corrected chi connectivity index (χ3v) is 6.41. The molecule has 35 heavy (non-hydrogen) atoms. The van der Waals surface area contributed by atoms with Crippen molar-refractivity contribution in [2.75, 3.05) is 26.7 Å². The van der Waals surface area contributed by atoms with Gasteiger partial charge in [-0.15, -0.1) is 0 Å². The number of fused-ring (bicyclic) bond motifs is 1. The van der Waals surface area contributed by atoms with Gasteiger partial charge in [0.05, 0.1) is 19.2 Å². The summed E-state index contributed by atoms with van der Waals surface area (Å²) < 4.78 is 19.5. The molecule has 4 rings (SSSR count). The number of aliphatic hydroxyl groups is 1. The van der Waals surface area contributed by atoms with Gasteiger partial charge in [-0.25, -0.2) is 9.37 Å². The van der Waals surface area contributed by atoms with Crippen LogP contribution in [0.3, 0.4) is 0 Å². The number of amides is 2. The Balaban J connectivity index is 1.62. The first kappa shape index (κ1) is 24.7. The highest BCUT2D eigenvalue weighted by Gasteiger charge is 2.34. The minimum absolute atomic E-state index is 0.166. The van der Waals surface area contributed by atoms with E-state index in [9.17, 15) is 19.1 Å². The summed E-state index contributed by atoms with van der Waals surface area (Å²) in [5.74, 6) is 5.75. The number of likely N-dealkylation sites (N-methyl/N-ethyl adjacent to an activating group) is 1. The summed E-state index contributed by atoms with van der Waals surface area (Å²) in [6, 6.07) is 6.68. The van der Waals surface area contributed by atoms with Crippen LogP contribution < -0.4 is 4.74 Å². The molecule has 1 N–H and O–H groups in total. The van der Waals surface area contributed by atoms with E-state index in [1.54, 1.807) is 31.1 Å². The van der Waals surface area contributed by atoms with Crippen molar-refractivity contribution in [1.82, 2.24) is 14.8 Å². The van der Waals surface area contributed by atoms with E-state index in [2.05, 4.69) is 16.8 Å². The Morgan fingerprint density at radius 2 is 2.06 bits per heavy atom. The molecule has 2 amide bonds. The first-order valence-corrected chi connectivity index (χ1v) is 11.9. The van der Waals surface area contributed by atoms with E-state index in [0.717, 1.165) is 12.8 Å². The molecule has 8 heteroatoms. The molecule has 1 aromatic carbocycles. The van der Waals surface area contributed by atoms with Crippen molar-refractivity contribution in [3.05, 3.63) is 59.0 Å². The largest absolute Gasteiger partial charge is 0.472 e. The van der Waals surface area contributed by atoms with Crippen molar-refractivity contribution >= 4 is 11.8 Å². The molecule has 184 valence electrons. The van der Waals surface area contributed by atoms with Gasteiger partial charge in [-0.05, 0) is 50.1 Å². The Bertz CT molecular complexity index is 1150. The van der Waals surface area contributed by atoms with Gasteiger partial charge in [-0.3, -0.25) is 9.59 Å². The summed E-state index contributed by atoms with van der Waals surface area (Å²) in [4.78, 5) is 33.9. The number of benzene rings is 1. The van der Waals surface area contributed by atoms with Gasteiger partial charge in [0.2, 0.25) is 5.88 Å². The second-order valence-corrected chi connectivity index (χ2v) is 9.44. The lowest BCUT2D eigenvalue weighted by atomic mass is 9.99. The fourth-order valence-corrected chi connectivity index (χ4v) is 3.97. The number of pyridine rings is 1. The van der Waals surface area contributed by atoms with Crippen LogP contribution in [0.5, 0.6) is 5.88 Å². The van der Waals surface area contributed by atoms with Crippen molar-refractivity contribution in [2.45, 2.75) is 38.8 Å². The highest BCUT2D eigenvalue weighted by molar-refractivity contribution is 5.97. The number of rotatable bonds is 5. The van der Waals surface area contributed by atoms with Crippen LogP contribution in [0.15, 0.2) is 36.5 Å². The van der Waals surface area contributed by atoms with E-state index < -0.39 is 18.0 Å². The fraction of sp³-hybridized carbons (Fsp3) is 0.444. The van der Waals surface area contributed by atoms with Crippen LogP contribution in [0.25, 0.3) is 0 Å². The lowest BCUT2D eigenvalue weighted by Crippen LogP contribution is -2.50. The third kappa shape index (κ3) is 5.80. The molecule has 1 aliphatic carbocycles. The van der Waals surface area contributed by atoms with Gasteiger partial charge in [0.25, 0.3) is 11.8 Å². The molecule has 0 bridgehead atoms. The number of carbonyl (C=O) groups excluding carboxylic acids is 2. The second kappa shape index (κ2) is 10.4. The summed E-state index contributed by atoms with van der Waals surface area (Å²) in [5.41, 5.74) is 1.30. The Hall–Kier alpha value is -3.44. The molecule has 0 radical (unpaired) electrons. The maximum atomic E-state index is 13.4. The van der Waals surface area contributed by atoms with Gasteiger partial charge in [-0.2, -0.15) is 0 Å². The summed E-state index contributed by atoms with van der Waals surface area (Å²) in [5, 5.41) is 9.80. The molecule has 7 nitrogen and oxygen atoms in total. The molecule has 1 fully saturated rings. The maximum absolute atomic E-state index is 13.4. The fourth-order valence-electron chi connectivity index (χ4n) is 3.97. The lowest BCUT2D eigenvalue weighted by Gasteiger charge is -2.37. The van der Waals surface area contributed by atoms with E-state index in [-0.39, 0.29) is 42.3 Å². The van der Waals surface area contributed by atoms with Crippen molar-refractivity contribution in [3.8, 4) is 17.7 Å². The monoisotopic (exact) mass is 479 g/mol. The molecule has 1 aliphatic heterocycles. The molecule has 0 spiro atoms. The normalized spacial score (nSPS) is 20.5. The summed E-state index contributed by atoms with van der Waals surface area (Å²) >= 11 is 0. The zero-order chi connectivity index (χ0) is 25.1. The number of nitrogens with zero attached hydrogens (tertiary/aromatic N) is 3. The number of hydrogen-bond acceptors (Lipinski definition) is 5. The lowest BCUT2D eigenvalue weighted by molar-refractivity contribution is 0.0313. The predicted molar refractivity (Wildman–Crippen MR) is 128 cm³/mol. The molecule has 3 atom stereocenters. The molecule has 0 unspecified atom stereocenters. The number of aromatic nitrogens is 1. The van der Waals surface area contributed by atoms with Gasteiger partial charge in [0.1, 0.15) is 17.5 Å². The molecule has 0 saturated heterocycles. The van der Waals surface area contributed by atoms with Crippen LogP contribution in [0, 0.1) is 29.5 Å². The van der Waals surface area contributed by atoms with Crippen molar-refractivity contribution in [3.63, 3.8) is 0 Å². The van der Waals surface area contributed by atoms with Crippen molar-refractivity contribution in [2.24, 2.45) is 11.8 Å². The molecule has 1 saturated carbocycles. The molecular weight excluding hydrogens is 449 g/mol. The Morgan fingerprint density at radius 3 is 2.71 bits per heavy atom. The topological polar surface area (TPSA) is 83.0 Å². The molecule has 2 aromatic rings. The van der Waals surface area contributed by atoms with Crippen LogP contribution in [0.2, 0.25) is 0 Å². The summed E-state index contributed by atoms with van der Waals surface area (Å²) in [6.07, 6.45) is 3.32. The molecule has 2 aliphatic rings. The van der Waals surface area contributed by atoms with E-state index in [4.69, 9.17) is 4.74 Å².